The Morgan fingerprint density at radius 1 is 1.32 bits per heavy atom. The number of ether oxygens (including phenoxy) is 1. The zero-order valence-corrected chi connectivity index (χ0v) is 11.9. The molecule has 3 saturated carbocycles. The van der Waals surface area contributed by atoms with Gasteiger partial charge in [-0.05, 0) is 69.1 Å². The van der Waals surface area contributed by atoms with Gasteiger partial charge in [0.2, 0.25) is 0 Å². The topological polar surface area (TPSA) is 26.3 Å². The number of hydrogen-bond acceptors (Lipinski definition) is 2. The van der Waals surface area contributed by atoms with Crippen molar-refractivity contribution in [1.29, 1.82) is 0 Å². The third-order valence-electron chi connectivity index (χ3n) is 6.50. The van der Waals surface area contributed by atoms with Gasteiger partial charge in [0.1, 0.15) is 5.60 Å². The predicted octanol–water partition coefficient (Wildman–Crippen LogP) is 3.85. The highest BCUT2D eigenvalue weighted by molar-refractivity contribution is 5.81. The first kappa shape index (κ1) is 12.0. The van der Waals surface area contributed by atoms with E-state index in [0.29, 0.717) is 11.8 Å². The highest BCUT2D eigenvalue weighted by Crippen LogP contribution is 2.56. The fraction of sp³-hybridized carbons (Fsp3) is 0.824. The second kappa shape index (κ2) is 3.86. The highest BCUT2D eigenvalue weighted by atomic mass is 16.6. The van der Waals surface area contributed by atoms with Crippen LogP contribution in [0.15, 0.2) is 12.2 Å². The second-order valence-electron chi connectivity index (χ2n) is 7.41. The lowest BCUT2D eigenvalue weighted by Gasteiger charge is -2.39. The molecule has 5 atom stereocenters. The number of hydrogen-bond donors (Lipinski definition) is 0. The molecular formula is C17H24O2. The SMILES string of the molecule is CCC1(OC(=O)C23C=CC(CC2)C3)CC2CCC1C2. The molecule has 4 aliphatic carbocycles. The Hall–Kier alpha value is -0.790. The number of fused-ring (bicyclic) bond motifs is 4. The summed E-state index contributed by atoms with van der Waals surface area (Å²) in [6.07, 6.45) is 13.7. The molecule has 0 radical (unpaired) electrons. The molecule has 19 heavy (non-hydrogen) atoms. The van der Waals surface area contributed by atoms with Crippen LogP contribution >= 0.6 is 0 Å². The second-order valence-corrected chi connectivity index (χ2v) is 7.41. The molecule has 0 heterocycles. The van der Waals surface area contributed by atoms with Crippen LogP contribution in [0.3, 0.4) is 0 Å². The van der Waals surface area contributed by atoms with Gasteiger partial charge in [-0.2, -0.15) is 0 Å². The van der Waals surface area contributed by atoms with Crippen molar-refractivity contribution in [3.63, 3.8) is 0 Å². The lowest BCUT2D eigenvalue weighted by atomic mass is 9.81. The Morgan fingerprint density at radius 2 is 2.21 bits per heavy atom. The Balaban J connectivity index is 1.54. The van der Waals surface area contributed by atoms with E-state index in [2.05, 4.69) is 19.1 Å². The van der Waals surface area contributed by atoms with Crippen molar-refractivity contribution in [3.8, 4) is 0 Å². The fourth-order valence-electron chi connectivity index (χ4n) is 5.31. The lowest BCUT2D eigenvalue weighted by Crippen LogP contribution is -2.43. The van der Waals surface area contributed by atoms with E-state index in [-0.39, 0.29) is 17.0 Å². The third-order valence-corrected chi connectivity index (χ3v) is 6.50. The molecule has 0 aromatic heterocycles. The zero-order chi connectivity index (χ0) is 13.1. The van der Waals surface area contributed by atoms with E-state index in [1.54, 1.807) is 0 Å². The molecule has 0 amide bonds. The van der Waals surface area contributed by atoms with E-state index in [1.165, 1.54) is 25.7 Å². The fourth-order valence-corrected chi connectivity index (χ4v) is 5.31. The summed E-state index contributed by atoms with van der Waals surface area (Å²) in [5.74, 6) is 2.21. The van der Waals surface area contributed by atoms with E-state index in [4.69, 9.17) is 4.74 Å². The summed E-state index contributed by atoms with van der Waals surface area (Å²) in [5.41, 5.74) is -0.349. The van der Waals surface area contributed by atoms with Crippen molar-refractivity contribution < 1.29 is 9.53 Å². The monoisotopic (exact) mass is 260 g/mol. The number of allylic oxidation sites excluding steroid dienone is 1. The van der Waals surface area contributed by atoms with E-state index in [9.17, 15) is 4.79 Å². The van der Waals surface area contributed by atoms with Crippen LogP contribution in [0.25, 0.3) is 0 Å². The molecule has 5 unspecified atom stereocenters. The van der Waals surface area contributed by atoms with Gasteiger partial charge in [-0.1, -0.05) is 19.1 Å². The molecule has 0 aromatic carbocycles. The van der Waals surface area contributed by atoms with Crippen molar-refractivity contribution in [3.05, 3.63) is 12.2 Å². The van der Waals surface area contributed by atoms with Crippen LogP contribution in [0, 0.1) is 23.2 Å². The minimum absolute atomic E-state index is 0.0955. The molecule has 2 heteroatoms. The maximum Gasteiger partial charge on any atom is 0.316 e. The summed E-state index contributed by atoms with van der Waals surface area (Å²) < 4.78 is 6.20. The Morgan fingerprint density at radius 3 is 2.68 bits per heavy atom. The van der Waals surface area contributed by atoms with Crippen molar-refractivity contribution >= 4 is 5.97 Å². The van der Waals surface area contributed by atoms with Crippen LogP contribution in [0.1, 0.15) is 58.3 Å². The standard InChI is InChI=1S/C17H24O2/c1-2-17(11-13-3-4-14(17)9-13)19-15(18)16-7-5-12(10-16)6-8-16/h5,7,12-14H,2-4,6,8-11H2,1H3. The minimum atomic E-state index is -0.241. The summed E-state index contributed by atoms with van der Waals surface area (Å²) in [4.78, 5) is 12.7. The Kier molecular flexibility index (Phi) is 2.44. The molecule has 3 fully saturated rings. The largest absolute Gasteiger partial charge is 0.458 e. The van der Waals surface area contributed by atoms with Crippen molar-refractivity contribution in [2.75, 3.05) is 0 Å². The van der Waals surface area contributed by atoms with Gasteiger partial charge in [-0.3, -0.25) is 4.79 Å². The van der Waals surface area contributed by atoms with Crippen molar-refractivity contribution in [1.82, 2.24) is 0 Å². The van der Waals surface area contributed by atoms with Crippen LogP contribution in [-0.4, -0.2) is 11.6 Å². The number of rotatable bonds is 3. The quantitative estimate of drug-likeness (QED) is 0.569. The average Bonchev–Trinajstić information content (AvgIpc) is 3.18. The molecule has 104 valence electrons. The van der Waals surface area contributed by atoms with E-state index in [1.807, 2.05) is 0 Å². The van der Waals surface area contributed by atoms with Crippen LogP contribution in [-0.2, 0) is 9.53 Å². The zero-order valence-electron chi connectivity index (χ0n) is 11.9. The molecule has 2 nitrogen and oxygen atoms in total. The molecule has 4 rings (SSSR count). The molecule has 0 aromatic rings. The number of carbonyl (C=O) groups excluding carboxylic acids is 1. The Bertz CT molecular complexity index is 441. The van der Waals surface area contributed by atoms with Gasteiger partial charge in [0.25, 0.3) is 0 Å². The van der Waals surface area contributed by atoms with Crippen molar-refractivity contribution in [2.45, 2.75) is 63.9 Å². The molecule has 0 saturated heterocycles. The lowest BCUT2D eigenvalue weighted by molar-refractivity contribution is -0.175. The predicted molar refractivity (Wildman–Crippen MR) is 73.5 cm³/mol. The highest BCUT2D eigenvalue weighted by Gasteiger charge is 2.56. The van der Waals surface area contributed by atoms with Gasteiger partial charge in [0.15, 0.2) is 0 Å². The van der Waals surface area contributed by atoms with E-state index >= 15 is 0 Å². The number of esters is 1. The van der Waals surface area contributed by atoms with Crippen molar-refractivity contribution in [2.24, 2.45) is 23.2 Å². The van der Waals surface area contributed by atoms with Gasteiger partial charge in [0, 0.05) is 0 Å². The van der Waals surface area contributed by atoms with E-state index in [0.717, 1.165) is 31.6 Å². The van der Waals surface area contributed by atoms with Gasteiger partial charge in [0.05, 0.1) is 5.41 Å². The smallest absolute Gasteiger partial charge is 0.316 e. The average molecular weight is 260 g/mol. The van der Waals surface area contributed by atoms with Crippen LogP contribution < -0.4 is 0 Å². The molecular weight excluding hydrogens is 236 g/mol. The first-order valence-corrected chi connectivity index (χ1v) is 8.09. The summed E-state index contributed by atoms with van der Waals surface area (Å²) in [6.45, 7) is 2.20. The van der Waals surface area contributed by atoms with Gasteiger partial charge >= 0.3 is 5.97 Å². The maximum absolute atomic E-state index is 12.7. The minimum Gasteiger partial charge on any atom is -0.458 e. The molecule has 4 aliphatic rings. The first-order valence-electron chi connectivity index (χ1n) is 8.09. The summed E-state index contributed by atoms with van der Waals surface area (Å²) >= 11 is 0. The van der Waals surface area contributed by atoms with Crippen LogP contribution in [0.2, 0.25) is 0 Å². The Labute approximate surface area is 115 Å². The number of carbonyl (C=O) groups is 1. The summed E-state index contributed by atoms with van der Waals surface area (Å²) in [7, 11) is 0. The van der Waals surface area contributed by atoms with E-state index < -0.39 is 0 Å². The van der Waals surface area contributed by atoms with Gasteiger partial charge < -0.3 is 4.74 Å². The molecule has 0 spiro atoms. The molecule has 0 aliphatic heterocycles. The van der Waals surface area contributed by atoms with Gasteiger partial charge in [-0.15, -0.1) is 0 Å². The molecule has 0 N–H and O–H groups in total. The third kappa shape index (κ3) is 1.58. The summed E-state index contributed by atoms with van der Waals surface area (Å²) in [5, 5.41) is 0. The van der Waals surface area contributed by atoms with Crippen LogP contribution in [0.5, 0.6) is 0 Å². The first-order chi connectivity index (χ1) is 9.16. The normalized spacial score (nSPS) is 50.1. The van der Waals surface area contributed by atoms with Gasteiger partial charge in [-0.25, -0.2) is 0 Å². The maximum atomic E-state index is 12.7. The van der Waals surface area contributed by atoms with Crippen LogP contribution in [0.4, 0.5) is 0 Å². The molecule has 4 bridgehead atoms. The summed E-state index contributed by atoms with van der Waals surface area (Å²) in [6, 6.07) is 0.